The monoisotopic (exact) mass is 435 g/mol. The van der Waals surface area contributed by atoms with Crippen LogP contribution in [0.1, 0.15) is 47.2 Å². The number of hydrogen-bond donors (Lipinski definition) is 0. The Morgan fingerprint density at radius 2 is 2.10 bits per heavy atom. The molecule has 31 heavy (non-hydrogen) atoms. The zero-order valence-corrected chi connectivity index (χ0v) is 18.5. The molecule has 2 aliphatic rings. The summed E-state index contributed by atoms with van der Waals surface area (Å²) in [6, 6.07) is 13.8. The summed E-state index contributed by atoms with van der Waals surface area (Å²) in [5.74, 6) is 1.55. The van der Waals surface area contributed by atoms with Crippen molar-refractivity contribution in [2.24, 2.45) is 5.10 Å². The zero-order chi connectivity index (χ0) is 21.4. The Bertz CT molecular complexity index is 1090. The minimum atomic E-state index is -0.226. The van der Waals surface area contributed by atoms with E-state index in [1.54, 1.807) is 18.4 Å². The van der Waals surface area contributed by atoms with Crippen LogP contribution >= 0.6 is 11.3 Å². The highest BCUT2D eigenvalue weighted by molar-refractivity contribution is 7.10. The van der Waals surface area contributed by atoms with Crippen LogP contribution in [-0.2, 0) is 11.2 Å². The maximum atomic E-state index is 13.4. The molecule has 5 rings (SSSR count). The van der Waals surface area contributed by atoms with Gasteiger partial charge >= 0.3 is 0 Å². The third-order valence-corrected chi connectivity index (χ3v) is 7.20. The van der Waals surface area contributed by atoms with Crippen LogP contribution in [0, 0.1) is 0 Å². The fourth-order valence-electron chi connectivity index (χ4n) is 4.42. The highest BCUT2D eigenvalue weighted by Gasteiger charge is 2.36. The molecule has 0 saturated heterocycles. The Morgan fingerprint density at radius 3 is 2.84 bits per heavy atom. The number of rotatable bonds is 5. The summed E-state index contributed by atoms with van der Waals surface area (Å²) in [5, 5.41) is 8.51. The number of hydrazone groups is 1. The maximum absolute atomic E-state index is 13.4. The number of fused-ring (bicyclic) bond motifs is 1. The minimum absolute atomic E-state index is 0.00422. The van der Waals surface area contributed by atoms with Gasteiger partial charge in [-0.25, -0.2) is 5.01 Å². The predicted octanol–water partition coefficient (Wildman–Crippen LogP) is 4.65. The van der Waals surface area contributed by atoms with E-state index in [1.165, 1.54) is 10.4 Å². The van der Waals surface area contributed by atoms with Gasteiger partial charge in [-0.1, -0.05) is 0 Å². The van der Waals surface area contributed by atoms with Gasteiger partial charge in [0.25, 0.3) is 5.91 Å². The first kappa shape index (κ1) is 20.0. The molecule has 0 radical (unpaired) electrons. The Morgan fingerprint density at radius 1 is 1.26 bits per heavy atom. The molecule has 2 atom stereocenters. The predicted molar refractivity (Wildman–Crippen MR) is 120 cm³/mol. The van der Waals surface area contributed by atoms with Gasteiger partial charge in [-0.3, -0.25) is 9.69 Å². The third-order valence-electron chi connectivity index (χ3n) is 6.20. The van der Waals surface area contributed by atoms with Gasteiger partial charge < -0.3 is 9.15 Å². The summed E-state index contributed by atoms with van der Waals surface area (Å²) in [6.45, 7) is 3.40. The van der Waals surface area contributed by atoms with Crippen molar-refractivity contribution in [1.29, 1.82) is 0 Å². The van der Waals surface area contributed by atoms with Crippen LogP contribution < -0.4 is 4.74 Å². The smallest absolute Gasteiger partial charge is 0.257 e. The second kappa shape index (κ2) is 8.32. The summed E-state index contributed by atoms with van der Waals surface area (Å²) in [4.78, 5) is 17.1. The van der Waals surface area contributed by atoms with Crippen molar-refractivity contribution < 1.29 is 13.9 Å². The van der Waals surface area contributed by atoms with Crippen LogP contribution in [0.4, 0.5) is 0 Å². The molecule has 7 heteroatoms. The van der Waals surface area contributed by atoms with Gasteiger partial charge in [0.1, 0.15) is 17.6 Å². The van der Waals surface area contributed by atoms with Gasteiger partial charge in [-0.15, -0.1) is 11.3 Å². The van der Waals surface area contributed by atoms with Crippen LogP contribution in [-0.4, -0.2) is 41.7 Å². The quantitative estimate of drug-likeness (QED) is 0.586. The normalized spacial score (nSPS) is 21.1. The summed E-state index contributed by atoms with van der Waals surface area (Å²) in [6.07, 6.45) is 3.26. The summed E-state index contributed by atoms with van der Waals surface area (Å²) >= 11 is 1.81. The average Bonchev–Trinajstić information content (AvgIpc) is 3.55. The van der Waals surface area contributed by atoms with E-state index in [2.05, 4.69) is 23.3 Å². The summed E-state index contributed by atoms with van der Waals surface area (Å²) in [7, 11) is 1.65. The Balaban J connectivity index is 1.38. The molecule has 3 aromatic rings. The molecule has 4 heterocycles. The molecule has 1 amide bonds. The van der Waals surface area contributed by atoms with Crippen molar-refractivity contribution in [2.75, 3.05) is 20.2 Å². The first-order chi connectivity index (χ1) is 15.1. The SMILES string of the molecule is COc1ccc(C2=NN(C(=O)CN3CCc4sccc4[C@@H]3C)[C@H](c3ccco3)C2)cc1. The maximum Gasteiger partial charge on any atom is 0.257 e. The van der Waals surface area contributed by atoms with Gasteiger partial charge in [0.2, 0.25) is 0 Å². The van der Waals surface area contributed by atoms with E-state index >= 15 is 0 Å². The van der Waals surface area contributed by atoms with Crippen molar-refractivity contribution >= 4 is 23.0 Å². The number of nitrogens with zero attached hydrogens (tertiary/aromatic N) is 3. The van der Waals surface area contributed by atoms with Crippen LogP contribution in [0.25, 0.3) is 0 Å². The molecule has 0 aliphatic carbocycles. The zero-order valence-electron chi connectivity index (χ0n) is 17.7. The van der Waals surface area contributed by atoms with Crippen LogP contribution in [0.5, 0.6) is 5.75 Å². The number of hydrogen-bond acceptors (Lipinski definition) is 6. The van der Waals surface area contributed by atoms with E-state index in [0.29, 0.717) is 13.0 Å². The van der Waals surface area contributed by atoms with Crippen LogP contribution in [0.3, 0.4) is 0 Å². The molecule has 0 fully saturated rings. The number of methoxy groups -OCH3 is 1. The fraction of sp³-hybridized carbons (Fsp3) is 0.333. The number of benzene rings is 1. The average molecular weight is 436 g/mol. The molecule has 6 nitrogen and oxygen atoms in total. The molecule has 1 aromatic carbocycles. The second-order valence-electron chi connectivity index (χ2n) is 7.94. The van der Waals surface area contributed by atoms with Gasteiger partial charge in [0.05, 0.1) is 25.6 Å². The lowest BCUT2D eigenvalue weighted by atomic mass is 10.0. The van der Waals surface area contributed by atoms with E-state index in [4.69, 9.17) is 14.3 Å². The van der Waals surface area contributed by atoms with Crippen molar-refractivity contribution in [2.45, 2.75) is 31.8 Å². The molecule has 2 aromatic heterocycles. The van der Waals surface area contributed by atoms with Crippen molar-refractivity contribution in [1.82, 2.24) is 9.91 Å². The number of carbonyl (C=O) groups excluding carboxylic acids is 1. The van der Waals surface area contributed by atoms with Gasteiger partial charge in [-0.2, -0.15) is 5.10 Å². The highest BCUT2D eigenvalue weighted by atomic mass is 32.1. The van der Waals surface area contributed by atoms with E-state index in [1.807, 2.05) is 47.7 Å². The highest BCUT2D eigenvalue weighted by Crippen LogP contribution is 2.36. The Hall–Kier alpha value is -2.90. The van der Waals surface area contributed by atoms with Gasteiger partial charge in [0, 0.05) is 23.9 Å². The lowest BCUT2D eigenvalue weighted by Gasteiger charge is -2.34. The third kappa shape index (κ3) is 3.79. The first-order valence-electron chi connectivity index (χ1n) is 10.5. The number of thiophene rings is 1. The first-order valence-corrected chi connectivity index (χ1v) is 11.4. The number of furan rings is 1. The number of amides is 1. The molecule has 0 spiro atoms. The van der Waals surface area contributed by atoms with Crippen LogP contribution in [0.2, 0.25) is 0 Å². The van der Waals surface area contributed by atoms with E-state index in [0.717, 1.165) is 35.8 Å². The fourth-order valence-corrected chi connectivity index (χ4v) is 5.39. The standard InChI is InChI=1S/C24H25N3O3S/c1-16-19-10-13-31-23(19)9-11-26(16)15-24(28)27-21(22-4-3-12-30-22)14-20(25-27)17-5-7-18(29-2)8-6-17/h3-8,10,12-13,16,21H,9,11,14-15H2,1-2H3/t16-,21-/m0/s1. The lowest BCUT2D eigenvalue weighted by molar-refractivity contribution is -0.135. The molecule has 0 bridgehead atoms. The Kier molecular flexibility index (Phi) is 5.38. The van der Waals surface area contributed by atoms with E-state index in [-0.39, 0.29) is 18.0 Å². The molecular formula is C24H25N3O3S. The lowest BCUT2D eigenvalue weighted by Crippen LogP contribution is -2.42. The van der Waals surface area contributed by atoms with E-state index in [9.17, 15) is 4.79 Å². The molecule has 0 N–H and O–H groups in total. The molecule has 160 valence electrons. The summed E-state index contributed by atoms with van der Waals surface area (Å²) in [5.41, 5.74) is 3.21. The molecule has 0 saturated carbocycles. The molecule has 0 unspecified atom stereocenters. The van der Waals surface area contributed by atoms with Crippen LogP contribution in [0.15, 0.2) is 63.6 Å². The minimum Gasteiger partial charge on any atom is -0.497 e. The van der Waals surface area contributed by atoms with E-state index < -0.39 is 0 Å². The number of carbonyl (C=O) groups is 1. The second-order valence-corrected chi connectivity index (χ2v) is 8.95. The number of ether oxygens (including phenoxy) is 1. The van der Waals surface area contributed by atoms with Crippen molar-refractivity contribution in [3.8, 4) is 5.75 Å². The Labute approximate surface area is 185 Å². The van der Waals surface area contributed by atoms with Gasteiger partial charge in [-0.05, 0) is 72.3 Å². The van der Waals surface area contributed by atoms with Crippen molar-refractivity contribution in [3.63, 3.8) is 0 Å². The molecular weight excluding hydrogens is 410 g/mol. The largest absolute Gasteiger partial charge is 0.497 e. The van der Waals surface area contributed by atoms with Gasteiger partial charge in [0.15, 0.2) is 0 Å². The summed E-state index contributed by atoms with van der Waals surface area (Å²) < 4.78 is 10.9. The molecule has 2 aliphatic heterocycles. The van der Waals surface area contributed by atoms with Crippen molar-refractivity contribution in [3.05, 3.63) is 75.9 Å². The topological polar surface area (TPSA) is 58.3 Å².